The van der Waals surface area contributed by atoms with E-state index >= 15 is 0 Å². The quantitative estimate of drug-likeness (QED) is 0.726. The van der Waals surface area contributed by atoms with Crippen molar-refractivity contribution in [3.63, 3.8) is 0 Å². The topological polar surface area (TPSA) is 109 Å². The van der Waals surface area contributed by atoms with Gasteiger partial charge in [0.2, 0.25) is 17.6 Å². The zero-order valence-corrected chi connectivity index (χ0v) is 15.0. The van der Waals surface area contributed by atoms with E-state index < -0.39 is 5.97 Å². The monoisotopic (exact) mass is 378 g/mol. The molecule has 0 atom stereocenters. The van der Waals surface area contributed by atoms with Gasteiger partial charge in [0.15, 0.2) is 0 Å². The Kier molecular flexibility index (Phi) is 4.84. The summed E-state index contributed by atoms with van der Waals surface area (Å²) in [5.41, 5.74) is 2.83. The minimum atomic E-state index is -0.966. The molecule has 1 amide bonds. The molecule has 0 aliphatic carbocycles. The van der Waals surface area contributed by atoms with E-state index in [0.29, 0.717) is 43.3 Å². The molecule has 8 nitrogen and oxygen atoms in total. The number of rotatable bonds is 5. The number of aromatic carboxylic acids is 1. The van der Waals surface area contributed by atoms with Gasteiger partial charge in [0, 0.05) is 32.1 Å². The number of nitrogens with zero attached hydrogens (tertiary/aromatic N) is 4. The number of carbonyl (C=O) groups is 2. The first-order valence-electron chi connectivity index (χ1n) is 8.97. The lowest BCUT2D eigenvalue weighted by Crippen LogP contribution is -2.36. The Morgan fingerprint density at radius 3 is 2.86 bits per heavy atom. The van der Waals surface area contributed by atoms with Crippen molar-refractivity contribution in [1.29, 1.82) is 0 Å². The Balaban J connectivity index is 1.38. The van der Waals surface area contributed by atoms with Gasteiger partial charge in [-0.3, -0.25) is 9.78 Å². The van der Waals surface area contributed by atoms with Crippen molar-refractivity contribution in [2.24, 2.45) is 0 Å². The van der Waals surface area contributed by atoms with Crippen molar-refractivity contribution in [2.75, 3.05) is 6.54 Å². The Morgan fingerprint density at radius 2 is 2.07 bits per heavy atom. The van der Waals surface area contributed by atoms with Gasteiger partial charge in [-0.05, 0) is 41.8 Å². The van der Waals surface area contributed by atoms with Crippen LogP contribution >= 0.6 is 0 Å². The molecule has 28 heavy (non-hydrogen) atoms. The third-order valence-corrected chi connectivity index (χ3v) is 4.73. The van der Waals surface area contributed by atoms with Crippen molar-refractivity contribution in [3.8, 4) is 11.5 Å². The van der Waals surface area contributed by atoms with Crippen LogP contribution in [0, 0.1) is 0 Å². The number of aromatic nitrogens is 3. The van der Waals surface area contributed by atoms with E-state index in [2.05, 4.69) is 15.1 Å². The third kappa shape index (κ3) is 3.75. The minimum absolute atomic E-state index is 0.0241. The van der Waals surface area contributed by atoms with E-state index in [-0.39, 0.29) is 17.9 Å². The predicted molar refractivity (Wildman–Crippen MR) is 98.4 cm³/mol. The molecule has 1 N–H and O–H groups in total. The van der Waals surface area contributed by atoms with E-state index in [1.165, 1.54) is 0 Å². The van der Waals surface area contributed by atoms with Crippen LogP contribution in [0.25, 0.3) is 11.5 Å². The summed E-state index contributed by atoms with van der Waals surface area (Å²) in [6.07, 6.45) is 2.96. The lowest BCUT2D eigenvalue weighted by molar-refractivity contribution is -0.132. The lowest BCUT2D eigenvalue weighted by Gasteiger charge is -2.29. The molecule has 8 heteroatoms. The molecule has 1 aliphatic heterocycles. The summed E-state index contributed by atoms with van der Waals surface area (Å²) in [7, 11) is 0. The summed E-state index contributed by atoms with van der Waals surface area (Å²) >= 11 is 0. The molecule has 0 radical (unpaired) electrons. The smallest absolute Gasteiger partial charge is 0.335 e. The predicted octanol–water partition coefficient (Wildman–Crippen LogP) is 2.35. The number of pyridine rings is 1. The van der Waals surface area contributed by atoms with Crippen molar-refractivity contribution >= 4 is 11.9 Å². The van der Waals surface area contributed by atoms with Gasteiger partial charge in [-0.15, -0.1) is 0 Å². The number of amides is 1. The number of hydrogen-bond acceptors (Lipinski definition) is 6. The van der Waals surface area contributed by atoms with E-state index in [1.54, 1.807) is 35.4 Å². The maximum absolute atomic E-state index is 12.6. The average Bonchev–Trinajstić information content (AvgIpc) is 3.21. The van der Waals surface area contributed by atoms with Crippen molar-refractivity contribution in [3.05, 3.63) is 65.2 Å². The number of carboxylic acid groups (broad SMARTS) is 1. The zero-order valence-electron chi connectivity index (χ0n) is 15.0. The Bertz CT molecular complexity index is 1020. The molecule has 1 aliphatic rings. The standard InChI is InChI=1S/C20H18N4O4/c25-18(7-6-17-22-19(23-28-17)16-3-1-2-9-21-16)24-10-8-13-4-5-14(20(26)27)11-15(13)12-24/h1-5,9,11H,6-8,10,12H2,(H,26,27). The highest BCUT2D eigenvalue weighted by Gasteiger charge is 2.22. The average molecular weight is 378 g/mol. The molecule has 0 fully saturated rings. The van der Waals surface area contributed by atoms with Crippen molar-refractivity contribution in [1.82, 2.24) is 20.0 Å². The van der Waals surface area contributed by atoms with Gasteiger partial charge in [-0.2, -0.15) is 4.98 Å². The highest BCUT2D eigenvalue weighted by atomic mass is 16.5. The number of aryl methyl sites for hydroxylation is 1. The summed E-state index contributed by atoms with van der Waals surface area (Å²) in [5, 5.41) is 13.1. The second-order valence-electron chi connectivity index (χ2n) is 6.58. The first-order valence-corrected chi connectivity index (χ1v) is 8.97. The molecule has 3 heterocycles. The fourth-order valence-electron chi connectivity index (χ4n) is 3.23. The molecular formula is C20H18N4O4. The normalized spacial score (nSPS) is 13.2. The fourth-order valence-corrected chi connectivity index (χ4v) is 3.23. The van der Waals surface area contributed by atoms with Crippen molar-refractivity contribution in [2.45, 2.75) is 25.8 Å². The van der Waals surface area contributed by atoms with Gasteiger partial charge in [-0.1, -0.05) is 17.3 Å². The number of benzene rings is 1. The van der Waals surface area contributed by atoms with Crippen LogP contribution in [0.4, 0.5) is 0 Å². The SMILES string of the molecule is O=C(O)c1ccc2c(c1)CN(C(=O)CCc1nc(-c3ccccn3)no1)CC2. The van der Waals surface area contributed by atoms with Crippen molar-refractivity contribution < 1.29 is 19.2 Å². The Hall–Kier alpha value is -3.55. The summed E-state index contributed by atoms with van der Waals surface area (Å²) < 4.78 is 5.22. The molecular weight excluding hydrogens is 360 g/mol. The first kappa shape index (κ1) is 17.8. The summed E-state index contributed by atoms with van der Waals surface area (Å²) in [6.45, 7) is 1.03. The van der Waals surface area contributed by atoms with Gasteiger partial charge in [-0.25, -0.2) is 4.79 Å². The molecule has 4 rings (SSSR count). The summed E-state index contributed by atoms with van der Waals surface area (Å²) in [6, 6.07) is 10.5. The van der Waals surface area contributed by atoms with Crippen LogP contribution in [0.2, 0.25) is 0 Å². The van der Waals surface area contributed by atoms with Crippen LogP contribution in [0.1, 0.15) is 33.8 Å². The van der Waals surface area contributed by atoms with Gasteiger partial charge in [0.05, 0.1) is 5.56 Å². The van der Waals surface area contributed by atoms with E-state index in [9.17, 15) is 9.59 Å². The minimum Gasteiger partial charge on any atom is -0.478 e. The molecule has 2 aromatic heterocycles. The van der Waals surface area contributed by atoms with Gasteiger partial charge in [0.25, 0.3) is 0 Å². The lowest BCUT2D eigenvalue weighted by atomic mass is 9.97. The maximum atomic E-state index is 12.6. The molecule has 3 aromatic rings. The van der Waals surface area contributed by atoms with Gasteiger partial charge in [0.1, 0.15) is 5.69 Å². The van der Waals surface area contributed by atoms with E-state index in [0.717, 1.165) is 11.1 Å². The fraction of sp³-hybridized carbons (Fsp3) is 0.250. The van der Waals surface area contributed by atoms with E-state index in [4.69, 9.17) is 9.63 Å². The highest BCUT2D eigenvalue weighted by molar-refractivity contribution is 5.88. The van der Waals surface area contributed by atoms with Crippen LogP contribution in [-0.2, 0) is 24.2 Å². The van der Waals surface area contributed by atoms with Crippen LogP contribution < -0.4 is 0 Å². The Morgan fingerprint density at radius 1 is 1.18 bits per heavy atom. The molecule has 0 unspecified atom stereocenters. The first-order chi connectivity index (χ1) is 13.6. The molecule has 1 aromatic carbocycles. The number of carboxylic acids is 1. The van der Waals surface area contributed by atoms with Crippen LogP contribution in [0.15, 0.2) is 47.1 Å². The summed E-state index contributed by atoms with van der Waals surface area (Å²) in [5.74, 6) is -0.203. The van der Waals surface area contributed by atoms with Crippen LogP contribution in [0.3, 0.4) is 0 Å². The number of hydrogen-bond donors (Lipinski definition) is 1. The number of carbonyl (C=O) groups excluding carboxylic acids is 1. The molecule has 0 spiro atoms. The third-order valence-electron chi connectivity index (χ3n) is 4.73. The molecule has 0 bridgehead atoms. The molecule has 142 valence electrons. The summed E-state index contributed by atoms with van der Waals surface area (Å²) in [4.78, 5) is 33.9. The molecule has 0 saturated heterocycles. The largest absolute Gasteiger partial charge is 0.478 e. The molecule has 0 saturated carbocycles. The second-order valence-corrected chi connectivity index (χ2v) is 6.58. The number of fused-ring (bicyclic) bond motifs is 1. The van der Waals surface area contributed by atoms with Gasteiger partial charge >= 0.3 is 5.97 Å². The van der Waals surface area contributed by atoms with Crippen LogP contribution in [-0.4, -0.2) is 43.6 Å². The maximum Gasteiger partial charge on any atom is 0.335 e. The zero-order chi connectivity index (χ0) is 19.5. The van der Waals surface area contributed by atoms with Gasteiger partial charge < -0.3 is 14.5 Å². The highest BCUT2D eigenvalue weighted by Crippen LogP contribution is 2.21. The van der Waals surface area contributed by atoms with Crippen LogP contribution in [0.5, 0.6) is 0 Å². The van der Waals surface area contributed by atoms with E-state index in [1.807, 2.05) is 12.1 Å². The Labute approximate surface area is 160 Å². The second kappa shape index (κ2) is 7.59.